The second-order valence-corrected chi connectivity index (χ2v) is 6.78. The molecule has 0 aliphatic heterocycles. The maximum absolute atomic E-state index is 5.80. The van der Waals surface area contributed by atoms with E-state index in [2.05, 4.69) is 10.2 Å². The summed E-state index contributed by atoms with van der Waals surface area (Å²) in [5, 5.41) is 9.74. The van der Waals surface area contributed by atoms with Crippen LogP contribution in [0.15, 0.2) is 33.5 Å². The smallest absolute Gasteiger partial charge is 0.143 e. The lowest BCUT2D eigenvalue weighted by molar-refractivity contribution is 0.986. The minimum Gasteiger partial charge on any atom is -0.143 e. The molecule has 2 nitrogen and oxygen atoms in total. The van der Waals surface area contributed by atoms with E-state index < -0.39 is 0 Å². The second-order valence-electron chi connectivity index (χ2n) is 2.71. The topological polar surface area (TPSA) is 25.8 Å². The van der Waals surface area contributed by atoms with Gasteiger partial charge >= 0.3 is 0 Å². The highest BCUT2D eigenvalue weighted by Crippen LogP contribution is 2.38. The van der Waals surface area contributed by atoms with Crippen molar-refractivity contribution < 1.29 is 0 Å². The van der Waals surface area contributed by atoms with E-state index in [1.165, 1.54) is 0 Å². The third-order valence-electron chi connectivity index (χ3n) is 1.53. The summed E-state index contributed by atoms with van der Waals surface area (Å²) in [7, 11) is 3.28. The summed E-state index contributed by atoms with van der Waals surface area (Å²) in [5.74, 6) is 0. The zero-order valence-electron chi connectivity index (χ0n) is 7.81. The van der Waals surface area contributed by atoms with Crippen LogP contribution in [0.2, 0.25) is 5.02 Å². The summed E-state index contributed by atoms with van der Waals surface area (Å²) in [4.78, 5) is 1.16. The van der Waals surface area contributed by atoms with Gasteiger partial charge < -0.3 is 0 Å². The van der Waals surface area contributed by atoms with Crippen molar-refractivity contribution in [2.45, 2.75) is 16.2 Å². The molecule has 2 rings (SSSR count). The number of nitrogens with zero attached hydrogens (tertiary/aromatic N) is 2. The maximum atomic E-state index is 5.80. The summed E-state index contributed by atoms with van der Waals surface area (Å²) in [6.45, 7) is 1.95. The van der Waals surface area contributed by atoms with Crippen LogP contribution < -0.4 is 0 Å². The standard InChI is InChI=1S/C9H7ClN2S3/c1-6-11-12-9(13-6)15-14-8-4-2-7(10)3-5-8/h2-5H,1H3. The third kappa shape index (κ3) is 3.38. The van der Waals surface area contributed by atoms with Crippen LogP contribution in [-0.2, 0) is 0 Å². The molecule has 0 fully saturated rings. The Balaban J connectivity index is 1.96. The first-order valence-corrected chi connectivity index (χ1v) is 7.49. The highest BCUT2D eigenvalue weighted by Gasteiger charge is 2.02. The highest BCUT2D eigenvalue weighted by atomic mass is 35.5. The minimum atomic E-state index is 0.760. The molecule has 1 aromatic heterocycles. The van der Waals surface area contributed by atoms with E-state index in [-0.39, 0.29) is 0 Å². The minimum absolute atomic E-state index is 0.760. The lowest BCUT2D eigenvalue weighted by atomic mass is 10.4. The van der Waals surface area contributed by atoms with Crippen LogP contribution in [0, 0.1) is 6.92 Å². The van der Waals surface area contributed by atoms with Crippen molar-refractivity contribution in [1.82, 2.24) is 10.2 Å². The molecular formula is C9H7ClN2S3. The highest BCUT2D eigenvalue weighted by molar-refractivity contribution is 8.77. The molecule has 0 N–H and O–H groups in total. The Hall–Kier alpha value is -0.230. The number of aromatic nitrogens is 2. The van der Waals surface area contributed by atoms with Gasteiger partial charge in [0, 0.05) is 9.92 Å². The number of hydrogen-bond donors (Lipinski definition) is 0. The van der Waals surface area contributed by atoms with Gasteiger partial charge in [-0.25, -0.2) is 0 Å². The van der Waals surface area contributed by atoms with Gasteiger partial charge in [-0.3, -0.25) is 0 Å². The van der Waals surface area contributed by atoms with E-state index in [4.69, 9.17) is 11.6 Å². The van der Waals surface area contributed by atoms with Crippen LogP contribution in [0.4, 0.5) is 0 Å². The van der Waals surface area contributed by atoms with Crippen LogP contribution in [0.5, 0.6) is 0 Å². The summed E-state index contributed by atoms with van der Waals surface area (Å²) in [6.07, 6.45) is 0. The fourth-order valence-electron chi connectivity index (χ4n) is 0.886. The summed E-state index contributed by atoms with van der Waals surface area (Å²) < 4.78 is 0.979. The molecule has 0 unspecified atom stereocenters. The molecular weight excluding hydrogens is 268 g/mol. The average molecular weight is 275 g/mol. The Bertz CT molecular complexity index is 441. The van der Waals surface area contributed by atoms with Crippen LogP contribution in [0.25, 0.3) is 0 Å². The molecule has 0 radical (unpaired) electrons. The van der Waals surface area contributed by atoms with Crippen LogP contribution in [0.1, 0.15) is 5.01 Å². The summed E-state index contributed by atoms with van der Waals surface area (Å²) in [6, 6.07) is 7.76. The van der Waals surface area contributed by atoms with Crippen molar-refractivity contribution in [3.05, 3.63) is 34.3 Å². The molecule has 15 heavy (non-hydrogen) atoms. The maximum Gasteiger partial charge on any atom is 0.185 e. The van der Waals surface area contributed by atoms with Gasteiger partial charge in [0.25, 0.3) is 0 Å². The molecule has 0 spiro atoms. The van der Waals surface area contributed by atoms with E-state index in [9.17, 15) is 0 Å². The molecule has 78 valence electrons. The molecule has 0 atom stereocenters. The molecule has 0 saturated heterocycles. The van der Waals surface area contributed by atoms with Crippen LogP contribution >= 0.6 is 44.5 Å². The van der Waals surface area contributed by atoms with E-state index in [1.807, 2.05) is 31.2 Å². The zero-order valence-corrected chi connectivity index (χ0v) is 11.0. The van der Waals surface area contributed by atoms with Gasteiger partial charge in [-0.05, 0) is 42.0 Å². The fraction of sp³-hybridized carbons (Fsp3) is 0.111. The van der Waals surface area contributed by atoms with Gasteiger partial charge in [0.2, 0.25) is 0 Å². The van der Waals surface area contributed by atoms with E-state index in [0.717, 1.165) is 19.3 Å². The predicted molar refractivity (Wildman–Crippen MR) is 67.8 cm³/mol. The van der Waals surface area contributed by atoms with Crippen molar-refractivity contribution in [2.75, 3.05) is 0 Å². The first-order chi connectivity index (χ1) is 7.24. The predicted octanol–water partition coefficient (Wildman–Crippen LogP) is 4.30. The van der Waals surface area contributed by atoms with Crippen molar-refractivity contribution in [3.8, 4) is 0 Å². The second kappa shape index (κ2) is 5.21. The van der Waals surface area contributed by atoms with E-state index in [1.54, 1.807) is 32.9 Å². The van der Waals surface area contributed by atoms with Crippen molar-refractivity contribution in [1.29, 1.82) is 0 Å². The molecule has 0 amide bonds. The van der Waals surface area contributed by atoms with Gasteiger partial charge in [-0.15, -0.1) is 10.2 Å². The largest absolute Gasteiger partial charge is 0.185 e. The third-order valence-corrected chi connectivity index (χ3v) is 5.31. The Labute approximate surface area is 105 Å². The van der Waals surface area contributed by atoms with Gasteiger partial charge in [-0.1, -0.05) is 33.7 Å². The number of aryl methyl sites for hydroxylation is 1. The van der Waals surface area contributed by atoms with Gasteiger partial charge in [0.15, 0.2) is 4.34 Å². The molecule has 1 aromatic carbocycles. The summed E-state index contributed by atoms with van der Waals surface area (Å²) >= 11 is 7.40. The van der Waals surface area contributed by atoms with Crippen LogP contribution in [0.3, 0.4) is 0 Å². The Morgan fingerprint density at radius 1 is 1.13 bits per heavy atom. The lowest BCUT2D eigenvalue weighted by Crippen LogP contribution is -1.70. The Kier molecular flexibility index (Phi) is 3.91. The first-order valence-electron chi connectivity index (χ1n) is 4.14. The lowest BCUT2D eigenvalue weighted by Gasteiger charge is -1.97. The van der Waals surface area contributed by atoms with E-state index >= 15 is 0 Å². The summed E-state index contributed by atoms with van der Waals surface area (Å²) in [5.41, 5.74) is 0. The van der Waals surface area contributed by atoms with Gasteiger partial charge in [0.05, 0.1) is 0 Å². The fourth-order valence-corrected chi connectivity index (χ4v) is 3.96. The quantitative estimate of drug-likeness (QED) is 0.780. The average Bonchev–Trinajstić information content (AvgIpc) is 2.64. The SMILES string of the molecule is Cc1nnc(SSc2ccc(Cl)cc2)s1. The number of rotatable bonds is 3. The molecule has 0 aliphatic carbocycles. The number of benzene rings is 1. The van der Waals surface area contributed by atoms with Gasteiger partial charge in [-0.2, -0.15) is 0 Å². The molecule has 1 heterocycles. The van der Waals surface area contributed by atoms with Gasteiger partial charge in [0.1, 0.15) is 5.01 Å². The molecule has 0 saturated carbocycles. The number of hydrogen-bond acceptors (Lipinski definition) is 5. The van der Waals surface area contributed by atoms with Crippen LogP contribution in [-0.4, -0.2) is 10.2 Å². The van der Waals surface area contributed by atoms with E-state index in [0.29, 0.717) is 0 Å². The first kappa shape index (κ1) is 11.3. The molecule has 0 aliphatic rings. The molecule has 6 heteroatoms. The molecule has 2 aromatic rings. The van der Waals surface area contributed by atoms with Crippen molar-refractivity contribution in [3.63, 3.8) is 0 Å². The molecule has 0 bridgehead atoms. The Morgan fingerprint density at radius 2 is 1.87 bits per heavy atom. The normalized spacial score (nSPS) is 10.5. The Morgan fingerprint density at radius 3 is 2.47 bits per heavy atom. The van der Waals surface area contributed by atoms with Crippen molar-refractivity contribution >= 4 is 44.5 Å². The zero-order chi connectivity index (χ0) is 10.7. The monoisotopic (exact) mass is 274 g/mol. The van der Waals surface area contributed by atoms with Crippen molar-refractivity contribution in [2.24, 2.45) is 0 Å². The number of halogens is 1.